The summed E-state index contributed by atoms with van der Waals surface area (Å²) in [6, 6.07) is 22.0. The first-order valence-corrected chi connectivity index (χ1v) is 8.24. The quantitative estimate of drug-likeness (QED) is 0.577. The summed E-state index contributed by atoms with van der Waals surface area (Å²) in [4.78, 5) is 20.5. The van der Waals surface area contributed by atoms with Gasteiger partial charge in [-0.25, -0.2) is 0 Å². The van der Waals surface area contributed by atoms with Crippen LogP contribution in [0.25, 0.3) is 22.2 Å². The van der Waals surface area contributed by atoms with Crippen molar-refractivity contribution in [3.8, 4) is 11.3 Å². The van der Waals surface area contributed by atoms with Gasteiger partial charge in [0.05, 0.1) is 11.2 Å². The fourth-order valence-corrected chi connectivity index (χ4v) is 3.48. The highest BCUT2D eigenvalue weighted by Gasteiger charge is 2.33. The highest BCUT2D eigenvalue weighted by Crippen LogP contribution is 2.38. The maximum absolute atomic E-state index is 12.6. The summed E-state index contributed by atoms with van der Waals surface area (Å²) in [5.41, 5.74) is 5.60. The molecule has 0 saturated carbocycles. The van der Waals surface area contributed by atoms with Crippen LogP contribution in [0.3, 0.4) is 0 Å². The largest absolute Gasteiger partial charge is 0.361 e. The second kappa shape index (κ2) is 5.31. The number of amides is 1. The van der Waals surface area contributed by atoms with E-state index in [2.05, 4.69) is 10.3 Å². The molecule has 1 amide bonds. The smallest absolute Gasteiger partial charge is 0.238 e. The average Bonchev–Trinajstić information content (AvgIpc) is 3.27. The highest BCUT2D eigenvalue weighted by molar-refractivity contribution is 6.05. The molecule has 0 fully saturated rings. The standard InChI is InChI=1S/C21H15N3O/c25-21-20(18-10-8-13-4-1-2-5-17(13)23-18)15-9-7-14(12-19(15)24-21)16-6-3-11-22-16/h1-12,20,22H,(H,24,25). The fraction of sp³-hybridized carbons (Fsp3) is 0.0476. The number of carbonyl (C=O) groups excluding carboxylic acids is 1. The monoisotopic (exact) mass is 325 g/mol. The molecule has 1 aliphatic heterocycles. The molecular formula is C21H15N3O. The number of anilines is 1. The van der Waals surface area contributed by atoms with Crippen LogP contribution in [0.4, 0.5) is 5.69 Å². The van der Waals surface area contributed by atoms with Crippen LogP contribution in [-0.2, 0) is 4.79 Å². The van der Waals surface area contributed by atoms with Crippen molar-refractivity contribution in [3.63, 3.8) is 0 Å². The number of pyridine rings is 1. The van der Waals surface area contributed by atoms with Crippen molar-refractivity contribution in [2.45, 2.75) is 5.92 Å². The number of hydrogen-bond acceptors (Lipinski definition) is 2. The fourth-order valence-electron chi connectivity index (χ4n) is 3.48. The second-order valence-corrected chi connectivity index (χ2v) is 6.24. The molecule has 0 bridgehead atoms. The van der Waals surface area contributed by atoms with Crippen molar-refractivity contribution in [2.24, 2.45) is 0 Å². The SMILES string of the molecule is O=C1Nc2cc(-c3ccc[nH]3)ccc2C1c1ccc2ccccc2n1. The summed E-state index contributed by atoms with van der Waals surface area (Å²) in [6.45, 7) is 0. The van der Waals surface area contributed by atoms with Gasteiger partial charge in [-0.05, 0) is 41.5 Å². The molecule has 2 N–H and O–H groups in total. The summed E-state index contributed by atoms with van der Waals surface area (Å²) < 4.78 is 0. The Bertz CT molecular complexity index is 1100. The summed E-state index contributed by atoms with van der Waals surface area (Å²) >= 11 is 0. The Hall–Kier alpha value is -3.40. The van der Waals surface area contributed by atoms with Gasteiger partial charge in [-0.2, -0.15) is 0 Å². The number of hydrogen-bond donors (Lipinski definition) is 2. The Morgan fingerprint density at radius 1 is 0.920 bits per heavy atom. The van der Waals surface area contributed by atoms with Gasteiger partial charge in [0.1, 0.15) is 5.92 Å². The van der Waals surface area contributed by atoms with E-state index in [9.17, 15) is 4.79 Å². The summed E-state index contributed by atoms with van der Waals surface area (Å²) in [5.74, 6) is -0.390. The molecule has 2 aromatic carbocycles. The van der Waals surface area contributed by atoms with E-state index >= 15 is 0 Å². The van der Waals surface area contributed by atoms with E-state index < -0.39 is 0 Å². The zero-order valence-corrected chi connectivity index (χ0v) is 13.4. The molecule has 0 aliphatic carbocycles. The van der Waals surface area contributed by atoms with Gasteiger partial charge in [-0.15, -0.1) is 0 Å². The molecule has 25 heavy (non-hydrogen) atoms. The molecule has 1 aliphatic rings. The molecule has 2 aromatic heterocycles. The average molecular weight is 325 g/mol. The van der Waals surface area contributed by atoms with E-state index in [1.54, 1.807) is 0 Å². The number of benzene rings is 2. The third-order valence-electron chi connectivity index (χ3n) is 4.71. The molecule has 3 heterocycles. The van der Waals surface area contributed by atoms with Crippen LogP contribution >= 0.6 is 0 Å². The van der Waals surface area contributed by atoms with E-state index in [-0.39, 0.29) is 11.8 Å². The van der Waals surface area contributed by atoms with Crippen LogP contribution in [0.5, 0.6) is 0 Å². The van der Waals surface area contributed by atoms with Crippen LogP contribution in [0, 0.1) is 0 Å². The van der Waals surface area contributed by atoms with Crippen molar-refractivity contribution < 1.29 is 4.79 Å². The molecular weight excluding hydrogens is 310 g/mol. The van der Waals surface area contributed by atoms with Crippen molar-refractivity contribution >= 4 is 22.5 Å². The molecule has 0 radical (unpaired) electrons. The van der Waals surface area contributed by atoms with Crippen LogP contribution in [0.1, 0.15) is 17.2 Å². The van der Waals surface area contributed by atoms with Crippen LogP contribution < -0.4 is 5.32 Å². The number of para-hydroxylation sites is 1. The molecule has 0 saturated heterocycles. The number of rotatable bonds is 2. The molecule has 1 atom stereocenters. The number of H-pyrrole nitrogens is 1. The van der Waals surface area contributed by atoms with E-state index in [0.717, 1.165) is 39.1 Å². The third kappa shape index (κ3) is 2.22. The Labute approximate surface area is 144 Å². The predicted octanol–water partition coefficient (Wildman–Crippen LogP) is 4.31. The van der Waals surface area contributed by atoms with Gasteiger partial charge in [0, 0.05) is 23.0 Å². The van der Waals surface area contributed by atoms with Gasteiger partial charge in [0.15, 0.2) is 0 Å². The lowest BCUT2D eigenvalue weighted by atomic mass is 9.95. The number of carbonyl (C=O) groups is 1. The minimum Gasteiger partial charge on any atom is -0.361 e. The summed E-state index contributed by atoms with van der Waals surface area (Å²) in [6.07, 6.45) is 1.89. The van der Waals surface area contributed by atoms with E-state index in [1.807, 2.05) is 72.9 Å². The molecule has 1 unspecified atom stereocenters. The van der Waals surface area contributed by atoms with Crippen molar-refractivity contribution in [1.29, 1.82) is 0 Å². The molecule has 5 rings (SSSR count). The lowest BCUT2D eigenvalue weighted by molar-refractivity contribution is -0.116. The Morgan fingerprint density at radius 2 is 1.84 bits per heavy atom. The number of nitrogens with one attached hydrogen (secondary N) is 2. The van der Waals surface area contributed by atoms with Gasteiger partial charge in [-0.1, -0.05) is 36.4 Å². The first kappa shape index (κ1) is 14.0. The normalized spacial score (nSPS) is 16.0. The second-order valence-electron chi connectivity index (χ2n) is 6.24. The minimum absolute atomic E-state index is 0.0265. The molecule has 4 nitrogen and oxygen atoms in total. The summed E-state index contributed by atoms with van der Waals surface area (Å²) in [5, 5.41) is 4.08. The topological polar surface area (TPSA) is 57.8 Å². The first-order valence-electron chi connectivity index (χ1n) is 8.24. The van der Waals surface area contributed by atoms with Crippen molar-refractivity contribution in [3.05, 3.63) is 84.2 Å². The molecule has 4 heteroatoms. The van der Waals surface area contributed by atoms with Crippen molar-refractivity contribution in [2.75, 3.05) is 5.32 Å². The van der Waals surface area contributed by atoms with Gasteiger partial charge in [-0.3, -0.25) is 9.78 Å². The zero-order valence-electron chi connectivity index (χ0n) is 13.4. The Kier molecular flexibility index (Phi) is 2.97. The maximum atomic E-state index is 12.6. The lowest BCUT2D eigenvalue weighted by Crippen LogP contribution is -2.14. The van der Waals surface area contributed by atoms with Crippen LogP contribution in [0.15, 0.2) is 72.9 Å². The predicted molar refractivity (Wildman–Crippen MR) is 98.4 cm³/mol. The number of aromatic amines is 1. The number of fused-ring (bicyclic) bond motifs is 2. The molecule has 120 valence electrons. The Balaban J connectivity index is 1.60. The molecule has 0 spiro atoms. The number of nitrogens with zero attached hydrogens (tertiary/aromatic N) is 1. The zero-order chi connectivity index (χ0) is 16.8. The van der Waals surface area contributed by atoms with Gasteiger partial charge < -0.3 is 10.3 Å². The van der Waals surface area contributed by atoms with Gasteiger partial charge in [0.25, 0.3) is 0 Å². The van der Waals surface area contributed by atoms with Crippen molar-refractivity contribution in [1.82, 2.24) is 9.97 Å². The van der Waals surface area contributed by atoms with E-state index in [0.29, 0.717) is 0 Å². The van der Waals surface area contributed by atoms with E-state index in [1.165, 1.54) is 0 Å². The summed E-state index contributed by atoms with van der Waals surface area (Å²) in [7, 11) is 0. The Morgan fingerprint density at radius 3 is 2.72 bits per heavy atom. The van der Waals surface area contributed by atoms with Gasteiger partial charge in [0.2, 0.25) is 5.91 Å². The lowest BCUT2D eigenvalue weighted by Gasteiger charge is -2.10. The highest BCUT2D eigenvalue weighted by atomic mass is 16.2. The van der Waals surface area contributed by atoms with Gasteiger partial charge >= 0.3 is 0 Å². The third-order valence-corrected chi connectivity index (χ3v) is 4.71. The van der Waals surface area contributed by atoms with Crippen LogP contribution in [-0.4, -0.2) is 15.9 Å². The maximum Gasteiger partial charge on any atom is 0.238 e. The first-order chi connectivity index (χ1) is 12.3. The van der Waals surface area contributed by atoms with Crippen LogP contribution in [0.2, 0.25) is 0 Å². The molecule has 4 aromatic rings. The minimum atomic E-state index is -0.364. The number of aromatic nitrogens is 2. The van der Waals surface area contributed by atoms with E-state index in [4.69, 9.17) is 4.98 Å².